The summed E-state index contributed by atoms with van der Waals surface area (Å²) in [6.45, 7) is 1.30. The van der Waals surface area contributed by atoms with Crippen LogP contribution in [0.25, 0.3) is 11.3 Å². The van der Waals surface area contributed by atoms with E-state index in [0.29, 0.717) is 29.6 Å². The van der Waals surface area contributed by atoms with E-state index in [-0.39, 0.29) is 0 Å². The first-order valence-electron chi connectivity index (χ1n) is 8.66. The molecule has 0 N–H and O–H groups in total. The van der Waals surface area contributed by atoms with E-state index in [1.807, 2.05) is 60.9 Å². The SMILES string of the molecule is CSc1noc(-c2ccc(OCCCCOc3ccccc3)cc2)c1C#N. The quantitative estimate of drug-likeness (QED) is 0.377. The summed E-state index contributed by atoms with van der Waals surface area (Å²) in [7, 11) is 0. The lowest BCUT2D eigenvalue weighted by atomic mass is 10.1. The van der Waals surface area contributed by atoms with Gasteiger partial charge in [0.05, 0.1) is 13.2 Å². The number of thioether (sulfide) groups is 1. The van der Waals surface area contributed by atoms with Crippen molar-refractivity contribution in [3.05, 3.63) is 60.2 Å². The average molecular weight is 380 g/mol. The van der Waals surface area contributed by atoms with Crippen molar-refractivity contribution in [1.82, 2.24) is 5.16 Å². The number of unbranched alkanes of at least 4 members (excludes halogenated alkanes) is 1. The molecule has 0 saturated carbocycles. The van der Waals surface area contributed by atoms with Gasteiger partial charge in [-0.3, -0.25) is 0 Å². The maximum absolute atomic E-state index is 9.30. The zero-order valence-corrected chi connectivity index (χ0v) is 15.9. The van der Waals surface area contributed by atoms with E-state index in [1.54, 1.807) is 0 Å². The molecule has 0 aliphatic carbocycles. The highest BCUT2D eigenvalue weighted by atomic mass is 32.2. The van der Waals surface area contributed by atoms with Gasteiger partial charge in [0, 0.05) is 5.56 Å². The molecule has 138 valence electrons. The first-order chi connectivity index (χ1) is 13.3. The van der Waals surface area contributed by atoms with Crippen molar-refractivity contribution in [2.24, 2.45) is 0 Å². The zero-order valence-electron chi connectivity index (χ0n) is 15.1. The highest BCUT2D eigenvalue weighted by Crippen LogP contribution is 2.31. The molecule has 3 aromatic rings. The fourth-order valence-electron chi connectivity index (χ4n) is 2.51. The number of hydrogen-bond donors (Lipinski definition) is 0. The van der Waals surface area contributed by atoms with E-state index < -0.39 is 0 Å². The number of benzene rings is 2. The zero-order chi connectivity index (χ0) is 18.9. The predicted octanol–water partition coefficient (Wildman–Crippen LogP) is 5.17. The van der Waals surface area contributed by atoms with Crippen LogP contribution in [0.1, 0.15) is 18.4 Å². The first kappa shape index (κ1) is 18.9. The molecule has 27 heavy (non-hydrogen) atoms. The smallest absolute Gasteiger partial charge is 0.185 e. The average Bonchev–Trinajstić information content (AvgIpc) is 3.15. The molecule has 0 bridgehead atoms. The molecular formula is C21H20N2O3S. The van der Waals surface area contributed by atoms with Crippen LogP contribution in [-0.4, -0.2) is 24.6 Å². The van der Waals surface area contributed by atoms with Crippen LogP contribution < -0.4 is 9.47 Å². The Hall–Kier alpha value is -2.91. The fraction of sp³-hybridized carbons (Fsp3) is 0.238. The molecule has 0 amide bonds. The largest absolute Gasteiger partial charge is 0.494 e. The molecule has 1 heterocycles. The standard InChI is InChI=1S/C21H20N2O3S/c1-27-21-19(15-22)20(26-23-21)16-9-11-18(12-10-16)25-14-6-5-13-24-17-7-3-2-4-8-17/h2-4,7-12H,5-6,13-14H2,1H3. The Morgan fingerprint density at radius 3 is 2.19 bits per heavy atom. The predicted molar refractivity (Wildman–Crippen MR) is 105 cm³/mol. The molecule has 3 rings (SSSR count). The number of para-hydroxylation sites is 1. The number of rotatable bonds is 9. The van der Waals surface area contributed by atoms with Crippen molar-refractivity contribution >= 4 is 11.8 Å². The second kappa shape index (κ2) is 9.70. The van der Waals surface area contributed by atoms with Gasteiger partial charge in [0.2, 0.25) is 0 Å². The maximum Gasteiger partial charge on any atom is 0.185 e. The minimum Gasteiger partial charge on any atom is -0.494 e. The molecule has 6 heteroatoms. The third-order valence-electron chi connectivity index (χ3n) is 3.90. The minimum atomic E-state index is 0.467. The molecule has 0 radical (unpaired) electrons. The molecule has 0 unspecified atom stereocenters. The van der Waals surface area contributed by atoms with Gasteiger partial charge in [0.25, 0.3) is 0 Å². The van der Waals surface area contributed by atoms with Gasteiger partial charge in [0.15, 0.2) is 10.8 Å². The normalized spacial score (nSPS) is 10.4. The number of aromatic nitrogens is 1. The molecule has 0 aliphatic rings. The van der Waals surface area contributed by atoms with Crippen LogP contribution in [0.4, 0.5) is 0 Å². The maximum atomic E-state index is 9.30. The van der Waals surface area contributed by atoms with Crippen LogP contribution in [-0.2, 0) is 0 Å². The van der Waals surface area contributed by atoms with Gasteiger partial charge in [-0.2, -0.15) is 5.26 Å². The van der Waals surface area contributed by atoms with Crippen molar-refractivity contribution in [3.8, 4) is 28.9 Å². The van der Waals surface area contributed by atoms with Crippen molar-refractivity contribution < 1.29 is 14.0 Å². The molecular weight excluding hydrogens is 360 g/mol. The van der Waals surface area contributed by atoms with E-state index in [4.69, 9.17) is 14.0 Å². The molecule has 0 fully saturated rings. The van der Waals surface area contributed by atoms with Crippen LogP contribution in [0.2, 0.25) is 0 Å². The summed E-state index contributed by atoms with van der Waals surface area (Å²) in [6.07, 6.45) is 3.70. The Balaban J connectivity index is 1.44. The van der Waals surface area contributed by atoms with E-state index in [2.05, 4.69) is 11.2 Å². The summed E-state index contributed by atoms with van der Waals surface area (Å²) in [5.41, 5.74) is 1.28. The third-order valence-corrected chi connectivity index (χ3v) is 4.57. The molecule has 0 atom stereocenters. The summed E-state index contributed by atoms with van der Waals surface area (Å²) in [6, 6.07) is 19.4. The lowest BCUT2D eigenvalue weighted by Crippen LogP contribution is -2.02. The van der Waals surface area contributed by atoms with Crippen LogP contribution in [0.5, 0.6) is 11.5 Å². The summed E-state index contributed by atoms with van der Waals surface area (Å²) in [5.74, 6) is 2.17. The number of nitrogens with zero attached hydrogens (tertiary/aromatic N) is 2. The fourth-order valence-corrected chi connectivity index (χ4v) is 2.97. The van der Waals surface area contributed by atoms with E-state index >= 15 is 0 Å². The van der Waals surface area contributed by atoms with E-state index in [0.717, 1.165) is 29.9 Å². The Kier molecular flexibility index (Phi) is 6.78. The molecule has 0 aliphatic heterocycles. The lowest BCUT2D eigenvalue weighted by molar-refractivity contribution is 0.266. The van der Waals surface area contributed by atoms with Gasteiger partial charge in [-0.25, -0.2) is 0 Å². The monoisotopic (exact) mass is 380 g/mol. The Bertz CT molecular complexity index is 886. The lowest BCUT2D eigenvalue weighted by Gasteiger charge is -2.08. The topological polar surface area (TPSA) is 68.3 Å². The summed E-state index contributed by atoms with van der Waals surface area (Å²) >= 11 is 1.39. The van der Waals surface area contributed by atoms with Gasteiger partial charge in [-0.05, 0) is 55.5 Å². The second-order valence-electron chi connectivity index (χ2n) is 5.75. The first-order valence-corrected chi connectivity index (χ1v) is 9.89. The molecule has 5 nitrogen and oxygen atoms in total. The molecule has 2 aromatic carbocycles. The molecule has 1 aromatic heterocycles. The molecule has 0 spiro atoms. The summed E-state index contributed by atoms with van der Waals surface area (Å²) in [5, 5.41) is 13.8. The van der Waals surface area contributed by atoms with Gasteiger partial charge in [-0.15, -0.1) is 11.8 Å². The van der Waals surface area contributed by atoms with Gasteiger partial charge in [-0.1, -0.05) is 23.4 Å². The Morgan fingerprint density at radius 1 is 0.963 bits per heavy atom. The molecule has 0 saturated heterocycles. The van der Waals surface area contributed by atoms with Crippen LogP contribution in [0.15, 0.2) is 64.1 Å². The van der Waals surface area contributed by atoms with E-state index in [9.17, 15) is 5.26 Å². The van der Waals surface area contributed by atoms with E-state index in [1.165, 1.54) is 11.8 Å². The highest BCUT2D eigenvalue weighted by molar-refractivity contribution is 7.98. The summed E-state index contributed by atoms with van der Waals surface area (Å²) < 4.78 is 16.7. The minimum absolute atomic E-state index is 0.467. The number of nitriles is 1. The van der Waals surface area contributed by atoms with Crippen molar-refractivity contribution in [3.63, 3.8) is 0 Å². The van der Waals surface area contributed by atoms with Crippen molar-refractivity contribution in [2.75, 3.05) is 19.5 Å². The Morgan fingerprint density at radius 2 is 1.59 bits per heavy atom. The van der Waals surface area contributed by atoms with Gasteiger partial charge < -0.3 is 14.0 Å². The van der Waals surface area contributed by atoms with Crippen LogP contribution in [0, 0.1) is 11.3 Å². The number of hydrogen-bond acceptors (Lipinski definition) is 6. The second-order valence-corrected chi connectivity index (χ2v) is 6.54. The van der Waals surface area contributed by atoms with Crippen molar-refractivity contribution in [1.29, 1.82) is 5.26 Å². The highest BCUT2D eigenvalue weighted by Gasteiger charge is 2.16. The van der Waals surface area contributed by atoms with Crippen LogP contribution in [0.3, 0.4) is 0 Å². The third kappa shape index (κ3) is 5.05. The summed E-state index contributed by atoms with van der Waals surface area (Å²) in [4.78, 5) is 0. The van der Waals surface area contributed by atoms with Crippen LogP contribution >= 0.6 is 11.8 Å². The van der Waals surface area contributed by atoms with Gasteiger partial charge >= 0.3 is 0 Å². The van der Waals surface area contributed by atoms with Crippen molar-refractivity contribution in [2.45, 2.75) is 17.9 Å². The number of ether oxygens (including phenoxy) is 2. The Labute approximate surface area is 162 Å². The van der Waals surface area contributed by atoms with Gasteiger partial charge in [0.1, 0.15) is 23.1 Å².